The molecule has 0 amide bonds. The van der Waals surface area contributed by atoms with Gasteiger partial charge in [-0.2, -0.15) is 0 Å². The Morgan fingerprint density at radius 3 is 2.45 bits per heavy atom. The van der Waals surface area contributed by atoms with Gasteiger partial charge in [-0.3, -0.25) is 0 Å². The van der Waals surface area contributed by atoms with Gasteiger partial charge < -0.3 is 4.42 Å². The van der Waals surface area contributed by atoms with E-state index in [1.165, 1.54) is 0 Å². The number of hydrogen-bond acceptors (Lipinski definition) is 3. The van der Waals surface area contributed by atoms with Crippen LogP contribution in [0.4, 0.5) is 0 Å². The molecule has 0 fully saturated rings. The third-order valence-electron chi connectivity index (χ3n) is 2.82. The molecule has 20 heavy (non-hydrogen) atoms. The van der Waals surface area contributed by atoms with Gasteiger partial charge in [-0.1, -0.05) is 41.9 Å². The van der Waals surface area contributed by atoms with Crippen molar-refractivity contribution in [3.05, 3.63) is 57.9 Å². The molecule has 3 nitrogen and oxygen atoms in total. The van der Waals surface area contributed by atoms with Crippen LogP contribution in [0.5, 0.6) is 0 Å². The van der Waals surface area contributed by atoms with E-state index in [4.69, 9.17) is 16.0 Å². The average Bonchev–Trinajstić information content (AvgIpc) is 2.89. The van der Waals surface area contributed by atoms with Crippen LogP contribution in [0.25, 0.3) is 22.8 Å². The Morgan fingerprint density at radius 2 is 1.80 bits per heavy atom. The van der Waals surface area contributed by atoms with E-state index >= 15 is 0 Å². The maximum atomic E-state index is 6.19. The van der Waals surface area contributed by atoms with Gasteiger partial charge in [-0.15, -0.1) is 0 Å². The number of aryl methyl sites for hydroxylation is 1. The lowest BCUT2D eigenvalue weighted by Gasteiger charge is -2.07. The van der Waals surface area contributed by atoms with E-state index < -0.39 is 0 Å². The lowest BCUT2D eigenvalue weighted by atomic mass is 10.1. The third kappa shape index (κ3) is 2.49. The first-order chi connectivity index (χ1) is 9.65. The fourth-order valence-electron chi connectivity index (χ4n) is 1.87. The first-order valence-electron chi connectivity index (χ1n) is 6.00. The molecular formula is C15H10BrClN2O. The molecular weight excluding hydrogens is 340 g/mol. The molecule has 0 unspecified atom stereocenters. The Labute approximate surface area is 129 Å². The second-order valence-corrected chi connectivity index (χ2v) is 5.43. The number of rotatable bonds is 2. The molecule has 0 saturated carbocycles. The van der Waals surface area contributed by atoms with Gasteiger partial charge in [0.2, 0.25) is 0 Å². The van der Waals surface area contributed by atoms with Gasteiger partial charge in [-0.25, -0.2) is 9.97 Å². The molecule has 0 aliphatic carbocycles. The van der Waals surface area contributed by atoms with Crippen LogP contribution in [0.15, 0.2) is 51.4 Å². The number of benzene rings is 1. The molecule has 0 radical (unpaired) electrons. The van der Waals surface area contributed by atoms with E-state index in [0.29, 0.717) is 21.2 Å². The molecule has 0 aliphatic rings. The second kappa shape index (κ2) is 5.38. The van der Waals surface area contributed by atoms with E-state index in [-0.39, 0.29) is 0 Å². The maximum Gasteiger partial charge on any atom is 0.197 e. The monoisotopic (exact) mass is 348 g/mol. The van der Waals surface area contributed by atoms with Crippen molar-refractivity contribution >= 4 is 27.5 Å². The SMILES string of the molecule is Cc1ccc(-c2nc(Cl)c(Br)c(-c3ccccc3)n2)o1. The number of aromatic nitrogens is 2. The minimum Gasteiger partial charge on any atom is -0.458 e. The Bertz CT molecular complexity index is 756. The molecule has 0 spiro atoms. The van der Waals surface area contributed by atoms with Gasteiger partial charge >= 0.3 is 0 Å². The molecule has 100 valence electrons. The third-order valence-corrected chi connectivity index (χ3v) is 4.07. The highest BCUT2D eigenvalue weighted by molar-refractivity contribution is 9.10. The smallest absolute Gasteiger partial charge is 0.197 e. The maximum absolute atomic E-state index is 6.19. The molecule has 3 aromatic rings. The Balaban J connectivity index is 2.18. The highest BCUT2D eigenvalue weighted by Gasteiger charge is 2.15. The van der Waals surface area contributed by atoms with Crippen molar-refractivity contribution in [3.63, 3.8) is 0 Å². The summed E-state index contributed by atoms with van der Waals surface area (Å²) in [5.41, 5.74) is 1.71. The zero-order valence-electron chi connectivity index (χ0n) is 10.6. The summed E-state index contributed by atoms with van der Waals surface area (Å²) in [5, 5.41) is 0.364. The van der Waals surface area contributed by atoms with E-state index in [1.807, 2.05) is 49.4 Å². The van der Waals surface area contributed by atoms with Gasteiger partial charge in [0.15, 0.2) is 11.6 Å². The molecule has 1 aromatic carbocycles. The molecule has 0 saturated heterocycles. The lowest BCUT2D eigenvalue weighted by Crippen LogP contribution is -1.94. The molecule has 2 aromatic heterocycles. The number of nitrogens with zero attached hydrogens (tertiary/aromatic N) is 2. The van der Waals surface area contributed by atoms with Crippen molar-refractivity contribution in [2.45, 2.75) is 6.92 Å². The number of halogens is 2. The van der Waals surface area contributed by atoms with Crippen LogP contribution in [0.3, 0.4) is 0 Å². The highest BCUT2D eigenvalue weighted by atomic mass is 79.9. The first-order valence-corrected chi connectivity index (χ1v) is 7.17. The van der Waals surface area contributed by atoms with Crippen LogP contribution in [0.1, 0.15) is 5.76 Å². The Hall–Kier alpha value is -1.65. The van der Waals surface area contributed by atoms with Crippen molar-refractivity contribution in [3.8, 4) is 22.8 Å². The summed E-state index contributed by atoms with van der Waals surface area (Å²) in [6.45, 7) is 1.88. The lowest BCUT2D eigenvalue weighted by molar-refractivity contribution is 0.544. The normalized spacial score (nSPS) is 10.8. The van der Waals surface area contributed by atoms with Crippen LogP contribution in [0, 0.1) is 6.92 Å². The Morgan fingerprint density at radius 1 is 1.05 bits per heavy atom. The summed E-state index contributed by atoms with van der Waals surface area (Å²) < 4.78 is 6.23. The summed E-state index contributed by atoms with van der Waals surface area (Å²) in [5.74, 6) is 1.89. The highest BCUT2D eigenvalue weighted by Crippen LogP contribution is 2.33. The summed E-state index contributed by atoms with van der Waals surface area (Å²) in [6.07, 6.45) is 0. The zero-order chi connectivity index (χ0) is 14.1. The minimum absolute atomic E-state index is 0.364. The quantitative estimate of drug-likeness (QED) is 0.602. The molecule has 0 aliphatic heterocycles. The van der Waals surface area contributed by atoms with Crippen LogP contribution < -0.4 is 0 Å². The van der Waals surface area contributed by atoms with Crippen LogP contribution in [0.2, 0.25) is 5.15 Å². The molecule has 0 atom stereocenters. The van der Waals surface area contributed by atoms with Crippen molar-refractivity contribution in [1.82, 2.24) is 9.97 Å². The molecule has 0 bridgehead atoms. The summed E-state index contributed by atoms with van der Waals surface area (Å²) >= 11 is 9.63. The Kier molecular flexibility index (Phi) is 3.59. The van der Waals surface area contributed by atoms with Gasteiger partial charge in [-0.05, 0) is 35.0 Å². The average molecular weight is 350 g/mol. The topological polar surface area (TPSA) is 38.9 Å². The van der Waals surface area contributed by atoms with Crippen LogP contribution >= 0.6 is 27.5 Å². The number of hydrogen-bond donors (Lipinski definition) is 0. The van der Waals surface area contributed by atoms with E-state index in [9.17, 15) is 0 Å². The van der Waals surface area contributed by atoms with Gasteiger partial charge in [0.25, 0.3) is 0 Å². The van der Waals surface area contributed by atoms with Gasteiger partial charge in [0.05, 0.1) is 10.2 Å². The summed E-state index contributed by atoms with van der Waals surface area (Å²) in [6, 6.07) is 13.5. The van der Waals surface area contributed by atoms with Crippen LogP contribution in [-0.4, -0.2) is 9.97 Å². The molecule has 3 rings (SSSR count). The predicted octanol–water partition coefficient (Wildman–Crippen LogP) is 5.13. The van der Waals surface area contributed by atoms with Crippen molar-refractivity contribution in [2.75, 3.05) is 0 Å². The predicted molar refractivity (Wildman–Crippen MR) is 82.6 cm³/mol. The van der Waals surface area contributed by atoms with Gasteiger partial charge in [0, 0.05) is 5.56 Å². The standard InChI is InChI=1S/C15H10BrClN2O/c1-9-7-8-11(20-9)15-18-13(12(16)14(17)19-15)10-5-3-2-4-6-10/h2-8H,1H3. The van der Waals surface area contributed by atoms with Gasteiger partial charge in [0.1, 0.15) is 10.9 Å². The van der Waals surface area contributed by atoms with E-state index in [0.717, 1.165) is 17.0 Å². The second-order valence-electron chi connectivity index (χ2n) is 4.28. The van der Waals surface area contributed by atoms with E-state index in [2.05, 4.69) is 25.9 Å². The first kappa shape index (κ1) is 13.3. The molecule has 0 N–H and O–H groups in total. The number of furan rings is 1. The molecule has 2 heterocycles. The summed E-state index contributed by atoms with van der Waals surface area (Å²) in [4.78, 5) is 8.81. The van der Waals surface area contributed by atoms with Crippen molar-refractivity contribution in [1.29, 1.82) is 0 Å². The zero-order valence-corrected chi connectivity index (χ0v) is 12.9. The fraction of sp³-hybridized carbons (Fsp3) is 0.0667. The summed E-state index contributed by atoms with van der Waals surface area (Å²) in [7, 11) is 0. The fourth-order valence-corrected chi connectivity index (χ4v) is 2.45. The van der Waals surface area contributed by atoms with E-state index in [1.54, 1.807) is 0 Å². The van der Waals surface area contributed by atoms with Crippen molar-refractivity contribution in [2.24, 2.45) is 0 Å². The minimum atomic E-state index is 0.364. The molecule has 5 heteroatoms. The van der Waals surface area contributed by atoms with Crippen molar-refractivity contribution < 1.29 is 4.42 Å². The van der Waals surface area contributed by atoms with Crippen LogP contribution in [-0.2, 0) is 0 Å². The largest absolute Gasteiger partial charge is 0.458 e.